The molecule has 0 saturated heterocycles. The van der Waals surface area contributed by atoms with Crippen LogP contribution in [0.5, 0.6) is 0 Å². The number of thioether (sulfide) groups is 1. The van der Waals surface area contributed by atoms with Gasteiger partial charge in [0.1, 0.15) is 11.6 Å². The van der Waals surface area contributed by atoms with Gasteiger partial charge in [-0.1, -0.05) is 13.8 Å². The molecule has 0 aliphatic heterocycles. The van der Waals surface area contributed by atoms with Crippen LogP contribution in [0.4, 0.5) is 5.82 Å². The van der Waals surface area contributed by atoms with Crippen LogP contribution in [0, 0.1) is 5.92 Å². The number of fused-ring (bicyclic) bond motifs is 1. The van der Waals surface area contributed by atoms with Crippen molar-refractivity contribution in [2.24, 2.45) is 13.0 Å². The van der Waals surface area contributed by atoms with Crippen molar-refractivity contribution in [2.75, 3.05) is 17.6 Å². The smallest absolute Gasteiger partial charge is 0.163 e. The first kappa shape index (κ1) is 15.1. The molecule has 0 bridgehead atoms. The second-order valence-electron chi connectivity index (χ2n) is 5.26. The number of hydrogen-bond acceptors (Lipinski definition) is 5. The van der Waals surface area contributed by atoms with Gasteiger partial charge in [-0.3, -0.25) is 4.68 Å². The number of aryl methyl sites for hydroxylation is 1. The van der Waals surface area contributed by atoms with Crippen LogP contribution >= 0.6 is 11.8 Å². The Morgan fingerprint density at radius 1 is 1.35 bits per heavy atom. The minimum atomic E-state index is 0.750. The van der Waals surface area contributed by atoms with Gasteiger partial charge < -0.3 is 5.32 Å². The first-order valence-electron chi connectivity index (χ1n) is 7.12. The van der Waals surface area contributed by atoms with E-state index in [1.807, 2.05) is 25.0 Å². The highest BCUT2D eigenvalue weighted by atomic mass is 32.2. The van der Waals surface area contributed by atoms with Crippen molar-refractivity contribution in [2.45, 2.75) is 32.9 Å². The maximum Gasteiger partial charge on any atom is 0.163 e. The molecule has 0 radical (unpaired) electrons. The Labute approximate surface area is 124 Å². The van der Waals surface area contributed by atoms with E-state index in [-0.39, 0.29) is 0 Å². The van der Waals surface area contributed by atoms with Gasteiger partial charge in [0.25, 0.3) is 0 Å². The fourth-order valence-electron chi connectivity index (χ4n) is 1.92. The van der Waals surface area contributed by atoms with Crippen LogP contribution in [0.15, 0.2) is 6.20 Å². The van der Waals surface area contributed by atoms with E-state index in [0.717, 1.165) is 46.6 Å². The third-order valence-electron chi connectivity index (χ3n) is 3.05. The SMILES string of the molecule is CCNc1nc(CSCCC(C)C)nc2c1cnn2C. The molecule has 6 heteroatoms. The molecule has 2 aromatic rings. The van der Waals surface area contributed by atoms with Gasteiger partial charge in [-0.25, -0.2) is 9.97 Å². The van der Waals surface area contributed by atoms with E-state index < -0.39 is 0 Å². The summed E-state index contributed by atoms with van der Waals surface area (Å²) in [6.07, 6.45) is 3.06. The van der Waals surface area contributed by atoms with Gasteiger partial charge in [-0.2, -0.15) is 16.9 Å². The molecule has 0 atom stereocenters. The molecular formula is C14H23N5S. The number of nitrogens with one attached hydrogen (secondary N) is 1. The minimum Gasteiger partial charge on any atom is -0.370 e. The van der Waals surface area contributed by atoms with Crippen LogP contribution in [0.25, 0.3) is 11.0 Å². The fraction of sp³-hybridized carbons (Fsp3) is 0.643. The number of aromatic nitrogens is 4. The normalized spacial score (nSPS) is 11.4. The lowest BCUT2D eigenvalue weighted by atomic mass is 10.2. The van der Waals surface area contributed by atoms with E-state index in [2.05, 4.69) is 41.2 Å². The molecule has 0 spiro atoms. The highest BCUT2D eigenvalue weighted by Gasteiger charge is 2.11. The lowest BCUT2D eigenvalue weighted by Gasteiger charge is -2.08. The van der Waals surface area contributed by atoms with Gasteiger partial charge in [0, 0.05) is 13.6 Å². The zero-order valence-electron chi connectivity index (χ0n) is 12.7. The molecule has 0 aliphatic carbocycles. The van der Waals surface area contributed by atoms with Crippen molar-refractivity contribution in [3.05, 3.63) is 12.0 Å². The van der Waals surface area contributed by atoms with E-state index in [1.54, 1.807) is 4.68 Å². The van der Waals surface area contributed by atoms with Gasteiger partial charge >= 0.3 is 0 Å². The zero-order chi connectivity index (χ0) is 14.5. The Morgan fingerprint density at radius 3 is 2.85 bits per heavy atom. The number of anilines is 1. The van der Waals surface area contributed by atoms with Crippen LogP contribution in [-0.4, -0.2) is 32.0 Å². The second-order valence-corrected chi connectivity index (χ2v) is 6.36. The summed E-state index contributed by atoms with van der Waals surface area (Å²) < 4.78 is 1.81. The van der Waals surface area contributed by atoms with Crippen molar-refractivity contribution in [3.8, 4) is 0 Å². The third kappa shape index (κ3) is 3.62. The van der Waals surface area contributed by atoms with Crippen LogP contribution in [0.2, 0.25) is 0 Å². The maximum absolute atomic E-state index is 4.62. The molecule has 20 heavy (non-hydrogen) atoms. The summed E-state index contributed by atoms with van der Waals surface area (Å²) in [7, 11) is 1.92. The molecule has 1 N–H and O–H groups in total. The summed E-state index contributed by atoms with van der Waals surface area (Å²) in [4.78, 5) is 9.25. The molecule has 2 aromatic heterocycles. The predicted molar refractivity (Wildman–Crippen MR) is 86.1 cm³/mol. The number of hydrogen-bond donors (Lipinski definition) is 1. The minimum absolute atomic E-state index is 0.750. The second kappa shape index (κ2) is 6.92. The van der Waals surface area contributed by atoms with Crippen molar-refractivity contribution >= 4 is 28.6 Å². The Kier molecular flexibility index (Phi) is 5.23. The Hall–Kier alpha value is -1.30. The lowest BCUT2D eigenvalue weighted by molar-refractivity contribution is 0.632. The van der Waals surface area contributed by atoms with Crippen molar-refractivity contribution in [3.63, 3.8) is 0 Å². The van der Waals surface area contributed by atoms with Crippen LogP contribution in [0.1, 0.15) is 33.0 Å². The summed E-state index contributed by atoms with van der Waals surface area (Å²) in [5, 5.41) is 8.56. The highest BCUT2D eigenvalue weighted by Crippen LogP contribution is 2.21. The Morgan fingerprint density at radius 2 is 2.15 bits per heavy atom. The summed E-state index contributed by atoms with van der Waals surface area (Å²) in [6, 6.07) is 0. The topological polar surface area (TPSA) is 55.6 Å². The molecule has 0 aliphatic rings. The third-order valence-corrected chi connectivity index (χ3v) is 4.04. The standard InChI is InChI=1S/C14H23N5S/c1-5-15-13-11-8-16-19(4)14(11)18-12(17-13)9-20-7-6-10(2)3/h8,10H,5-7,9H2,1-4H3,(H,15,17,18). The Bertz CT molecular complexity index is 564. The van der Waals surface area contributed by atoms with E-state index in [1.165, 1.54) is 6.42 Å². The van der Waals surface area contributed by atoms with Crippen molar-refractivity contribution < 1.29 is 0 Å². The average Bonchev–Trinajstić information content (AvgIpc) is 2.77. The average molecular weight is 293 g/mol. The van der Waals surface area contributed by atoms with Crippen LogP contribution in [-0.2, 0) is 12.8 Å². The molecule has 0 amide bonds. The first-order valence-corrected chi connectivity index (χ1v) is 8.27. The summed E-state index contributed by atoms with van der Waals surface area (Å²) in [5.41, 5.74) is 0.899. The first-order chi connectivity index (χ1) is 9.61. The van der Waals surface area contributed by atoms with Crippen LogP contribution in [0.3, 0.4) is 0 Å². The lowest BCUT2D eigenvalue weighted by Crippen LogP contribution is -2.05. The van der Waals surface area contributed by atoms with Gasteiger partial charge in [-0.15, -0.1) is 0 Å². The van der Waals surface area contributed by atoms with E-state index >= 15 is 0 Å². The molecule has 0 aromatic carbocycles. The van der Waals surface area contributed by atoms with Crippen molar-refractivity contribution in [1.82, 2.24) is 19.7 Å². The fourth-order valence-corrected chi connectivity index (χ4v) is 3.01. The van der Waals surface area contributed by atoms with E-state index in [9.17, 15) is 0 Å². The quantitative estimate of drug-likeness (QED) is 0.795. The zero-order valence-corrected chi connectivity index (χ0v) is 13.5. The molecule has 0 saturated carbocycles. The predicted octanol–water partition coefficient (Wildman–Crippen LogP) is 3.07. The van der Waals surface area contributed by atoms with E-state index in [4.69, 9.17) is 0 Å². The summed E-state index contributed by atoms with van der Waals surface area (Å²) in [5.74, 6) is 4.53. The summed E-state index contributed by atoms with van der Waals surface area (Å²) in [6.45, 7) is 7.42. The van der Waals surface area contributed by atoms with Gasteiger partial charge in [-0.05, 0) is 25.0 Å². The maximum atomic E-state index is 4.62. The molecule has 5 nitrogen and oxygen atoms in total. The van der Waals surface area contributed by atoms with Gasteiger partial charge in [0.2, 0.25) is 0 Å². The molecule has 2 rings (SSSR count). The van der Waals surface area contributed by atoms with Gasteiger partial charge in [0.15, 0.2) is 5.65 Å². The number of rotatable bonds is 7. The molecule has 0 fully saturated rings. The summed E-state index contributed by atoms with van der Waals surface area (Å²) >= 11 is 1.90. The molecular weight excluding hydrogens is 270 g/mol. The largest absolute Gasteiger partial charge is 0.370 e. The molecule has 110 valence electrons. The molecule has 0 unspecified atom stereocenters. The van der Waals surface area contributed by atoms with Crippen molar-refractivity contribution in [1.29, 1.82) is 0 Å². The molecule has 2 heterocycles. The monoisotopic (exact) mass is 293 g/mol. The highest BCUT2D eigenvalue weighted by molar-refractivity contribution is 7.98. The van der Waals surface area contributed by atoms with Gasteiger partial charge in [0.05, 0.1) is 17.3 Å². The number of nitrogens with zero attached hydrogens (tertiary/aromatic N) is 4. The van der Waals surface area contributed by atoms with E-state index in [0.29, 0.717) is 0 Å². The Balaban J connectivity index is 2.14. The van der Waals surface area contributed by atoms with Crippen LogP contribution < -0.4 is 5.32 Å².